The number of fused-ring (bicyclic) bond motifs is 1. The number of nitrogen functional groups attached to an aromatic ring is 1. The van der Waals surface area contributed by atoms with Gasteiger partial charge in [0, 0.05) is 30.5 Å². The van der Waals surface area contributed by atoms with Crippen LogP contribution in [0.4, 0.5) is 5.69 Å². The maximum absolute atomic E-state index is 10.7. The smallest absolute Gasteiger partial charge is 0.173 e. The number of nitrogens with zero attached hydrogens (tertiary/aromatic N) is 3. The Morgan fingerprint density at radius 3 is 2.80 bits per heavy atom. The Hall–Kier alpha value is -3.06. The zero-order valence-electron chi connectivity index (χ0n) is 13.9. The molecule has 1 aromatic carbocycles. The van der Waals surface area contributed by atoms with Crippen LogP contribution in [-0.4, -0.2) is 33.3 Å². The number of nitrogens with one attached hydrogen (secondary N) is 1. The minimum absolute atomic E-state index is 0.0413. The van der Waals surface area contributed by atoms with Gasteiger partial charge >= 0.3 is 0 Å². The Morgan fingerprint density at radius 2 is 2.08 bits per heavy atom. The van der Waals surface area contributed by atoms with Crippen LogP contribution >= 0.6 is 0 Å². The molecule has 1 unspecified atom stereocenters. The van der Waals surface area contributed by atoms with Crippen LogP contribution in [0.25, 0.3) is 11.3 Å². The summed E-state index contributed by atoms with van der Waals surface area (Å²) in [5, 5.41) is 18.5. The van der Waals surface area contributed by atoms with Crippen LogP contribution < -0.4 is 16.8 Å². The molecule has 2 heterocycles. The summed E-state index contributed by atoms with van der Waals surface area (Å²) < 4.78 is 1.64. The van der Waals surface area contributed by atoms with Crippen LogP contribution in [0, 0.1) is 0 Å². The van der Waals surface area contributed by atoms with E-state index in [0.717, 1.165) is 23.3 Å². The van der Waals surface area contributed by atoms with Gasteiger partial charge in [0.05, 0.1) is 6.04 Å². The van der Waals surface area contributed by atoms with Crippen LogP contribution in [0.3, 0.4) is 0 Å². The molecule has 0 bridgehead atoms. The van der Waals surface area contributed by atoms with Crippen LogP contribution in [0.5, 0.6) is 5.75 Å². The average Bonchev–Trinajstić information content (AvgIpc) is 3.15. The standard InChI is InChI=1S/C18H20N6O/c1-24-16(17(25)15(23-24)11-3-5-12(20)6-4-11)18-21-13-7-2-10(9-19)8-14(13)22-18/h2-6,8,13,25H,7,9,19-20H2,1H3,(H,21,22). The van der Waals surface area contributed by atoms with E-state index in [1.807, 2.05) is 18.2 Å². The van der Waals surface area contributed by atoms with Gasteiger partial charge in [0.25, 0.3) is 0 Å². The van der Waals surface area contributed by atoms with Gasteiger partial charge in [-0.3, -0.25) is 9.67 Å². The maximum atomic E-state index is 10.7. The van der Waals surface area contributed by atoms with E-state index in [9.17, 15) is 5.11 Å². The number of aliphatic imine (C=N–C) groups is 1. The van der Waals surface area contributed by atoms with Gasteiger partial charge in [0.2, 0.25) is 0 Å². The average molecular weight is 336 g/mol. The third-order valence-corrected chi connectivity index (χ3v) is 4.52. The summed E-state index contributed by atoms with van der Waals surface area (Å²) in [6, 6.07) is 7.29. The van der Waals surface area contributed by atoms with E-state index in [1.165, 1.54) is 0 Å². The Kier molecular flexibility index (Phi) is 3.58. The Balaban J connectivity index is 1.70. The van der Waals surface area contributed by atoms with Crippen molar-refractivity contribution < 1.29 is 5.11 Å². The maximum Gasteiger partial charge on any atom is 0.173 e. The van der Waals surface area contributed by atoms with Gasteiger partial charge < -0.3 is 21.9 Å². The molecule has 0 radical (unpaired) electrons. The monoisotopic (exact) mass is 336 g/mol. The fourth-order valence-corrected chi connectivity index (χ4v) is 3.19. The van der Waals surface area contributed by atoms with Crippen molar-refractivity contribution in [3.63, 3.8) is 0 Å². The van der Waals surface area contributed by atoms with Gasteiger partial charge in [-0.1, -0.05) is 18.2 Å². The summed E-state index contributed by atoms with van der Waals surface area (Å²) in [5.41, 5.74) is 16.1. The molecule has 0 amide bonds. The number of amidine groups is 1. The molecular formula is C18H20N6O. The third-order valence-electron chi connectivity index (χ3n) is 4.52. The number of hydrogen-bond acceptors (Lipinski definition) is 6. The first-order valence-electron chi connectivity index (χ1n) is 8.14. The van der Waals surface area contributed by atoms with Gasteiger partial charge in [-0.25, -0.2) is 0 Å². The highest BCUT2D eigenvalue weighted by Crippen LogP contribution is 2.34. The lowest BCUT2D eigenvalue weighted by atomic mass is 10.0. The summed E-state index contributed by atoms with van der Waals surface area (Å²) >= 11 is 0. The van der Waals surface area contributed by atoms with Crippen molar-refractivity contribution >= 4 is 11.5 Å². The minimum Gasteiger partial charge on any atom is -0.504 e. The molecule has 128 valence electrons. The largest absolute Gasteiger partial charge is 0.504 e. The lowest BCUT2D eigenvalue weighted by Crippen LogP contribution is -2.24. The lowest BCUT2D eigenvalue weighted by molar-refractivity contribution is 0.474. The van der Waals surface area contributed by atoms with E-state index in [1.54, 1.807) is 23.9 Å². The number of benzene rings is 1. The van der Waals surface area contributed by atoms with Gasteiger partial charge in [-0.15, -0.1) is 0 Å². The number of rotatable bonds is 3. The topological polar surface area (TPSA) is 114 Å². The molecule has 6 N–H and O–H groups in total. The summed E-state index contributed by atoms with van der Waals surface area (Å²) in [7, 11) is 1.79. The minimum atomic E-state index is 0.0413. The SMILES string of the molecule is Cn1nc(-c2ccc(N)cc2)c(O)c1C1=NC2CC=C(CN)C=C2N1. The summed E-state index contributed by atoms with van der Waals surface area (Å²) in [4.78, 5) is 4.70. The quantitative estimate of drug-likeness (QED) is 0.630. The number of aromatic nitrogens is 2. The molecule has 0 fully saturated rings. The molecule has 0 spiro atoms. The van der Waals surface area contributed by atoms with E-state index in [0.29, 0.717) is 29.5 Å². The van der Waals surface area contributed by atoms with Gasteiger partial charge in [-0.05, 0) is 30.2 Å². The second-order valence-electron chi connectivity index (χ2n) is 6.23. The summed E-state index contributed by atoms with van der Waals surface area (Å²) in [6.07, 6.45) is 4.93. The summed E-state index contributed by atoms with van der Waals surface area (Å²) in [6.45, 7) is 0.505. The van der Waals surface area contributed by atoms with E-state index >= 15 is 0 Å². The first kappa shape index (κ1) is 15.5. The Labute approximate surface area is 145 Å². The first-order valence-corrected chi connectivity index (χ1v) is 8.14. The number of aromatic hydroxyl groups is 1. The van der Waals surface area contributed by atoms with Crippen molar-refractivity contribution in [1.29, 1.82) is 0 Å². The van der Waals surface area contributed by atoms with E-state index < -0.39 is 0 Å². The Bertz CT molecular complexity index is 920. The van der Waals surface area contributed by atoms with Crippen LogP contribution in [0.15, 0.2) is 52.7 Å². The molecule has 1 aliphatic carbocycles. The molecule has 4 rings (SSSR count). The van der Waals surface area contributed by atoms with Crippen LogP contribution in [0.2, 0.25) is 0 Å². The van der Waals surface area contributed by atoms with Crippen molar-refractivity contribution in [1.82, 2.24) is 15.1 Å². The molecule has 7 heteroatoms. The fourth-order valence-electron chi connectivity index (χ4n) is 3.19. The van der Waals surface area contributed by atoms with Crippen molar-refractivity contribution in [2.24, 2.45) is 17.8 Å². The molecule has 7 nitrogen and oxygen atoms in total. The number of anilines is 1. The fraction of sp³-hybridized carbons (Fsp3) is 0.222. The molecule has 1 aromatic heterocycles. The van der Waals surface area contributed by atoms with E-state index in [2.05, 4.69) is 16.5 Å². The number of hydrogen-bond donors (Lipinski definition) is 4. The van der Waals surface area contributed by atoms with E-state index in [-0.39, 0.29) is 11.8 Å². The molecule has 1 aliphatic heterocycles. The van der Waals surface area contributed by atoms with Crippen LogP contribution in [0.1, 0.15) is 12.1 Å². The second kappa shape index (κ2) is 5.78. The highest BCUT2D eigenvalue weighted by atomic mass is 16.3. The van der Waals surface area contributed by atoms with Gasteiger partial charge in [0.1, 0.15) is 11.4 Å². The third kappa shape index (κ3) is 2.58. The normalized spacial score (nSPS) is 19.0. The van der Waals surface area contributed by atoms with Crippen molar-refractivity contribution in [3.05, 3.63) is 53.4 Å². The van der Waals surface area contributed by atoms with Gasteiger partial charge in [0.15, 0.2) is 11.6 Å². The lowest BCUT2D eigenvalue weighted by Gasteiger charge is -2.14. The number of aryl methyl sites for hydroxylation is 1. The molecule has 0 saturated carbocycles. The molecule has 2 aliphatic rings. The van der Waals surface area contributed by atoms with Gasteiger partial charge in [-0.2, -0.15) is 5.10 Å². The van der Waals surface area contributed by atoms with Crippen LogP contribution in [-0.2, 0) is 7.05 Å². The second-order valence-corrected chi connectivity index (χ2v) is 6.23. The highest BCUT2D eigenvalue weighted by Gasteiger charge is 2.30. The molecule has 0 saturated heterocycles. The zero-order valence-corrected chi connectivity index (χ0v) is 13.9. The molecule has 1 atom stereocenters. The molecular weight excluding hydrogens is 316 g/mol. The summed E-state index contributed by atoms with van der Waals surface area (Å²) in [5.74, 6) is 0.724. The van der Waals surface area contributed by atoms with Crippen molar-refractivity contribution in [2.75, 3.05) is 12.3 Å². The Morgan fingerprint density at radius 1 is 1.32 bits per heavy atom. The van der Waals surface area contributed by atoms with E-state index in [4.69, 9.17) is 16.5 Å². The number of nitrogens with two attached hydrogens (primary N) is 2. The van der Waals surface area contributed by atoms with Crippen molar-refractivity contribution in [2.45, 2.75) is 12.5 Å². The predicted octanol–water partition coefficient (Wildman–Crippen LogP) is 1.27. The predicted molar refractivity (Wildman–Crippen MR) is 98.0 cm³/mol. The van der Waals surface area contributed by atoms with Crippen molar-refractivity contribution in [3.8, 4) is 17.0 Å². The highest BCUT2D eigenvalue weighted by molar-refractivity contribution is 6.04. The first-order chi connectivity index (χ1) is 12.1. The molecule has 25 heavy (non-hydrogen) atoms. The molecule has 2 aromatic rings. The zero-order chi connectivity index (χ0) is 17.6.